The number of hydrogen-bond donors (Lipinski definition) is 2. The van der Waals surface area contributed by atoms with Gasteiger partial charge in [0.25, 0.3) is 0 Å². The van der Waals surface area contributed by atoms with Crippen molar-refractivity contribution < 1.29 is 19.8 Å². The van der Waals surface area contributed by atoms with Crippen LogP contribution in [0.15, 0.2) is 0 Å². The number of hydrogen-bond acceptors (Lipinski definition) is 4. The molecule has 0 saturated carbocycles. The Morgan fingerprint density at radius 1 is 1.00 bits per heavy atom. The van der Waals surface area contributed by atoms with Crippen LogP contribution in [0.2, 0.25) is 0 Å². The summed E-state index contributed by atoms with van der Waals surface area (Å²) in [4.78, 5) is 21.1. The van der Waals surface area contributed by atoms with Gasteiger partial charge in [-0.1, -0.05) is 26.2 Å². The quantitative estimate of drug-likeness (QED) is 0.423. The lowest BCUT2D eigenvalue weighted by atomic mass is 10.2. The second-order valence-electron chi connectivity index (χ2n) is 4.58. The van der Waals surface area contributed by atoms with E-state index in [1.54, 1.807) is 23.5 Å². The molecule has 0 aliphatic heterocycles. The molecular weight excluding hydrogens is 284 g/mol. The molecular formula is C13H24O4S2. The molecule has 0 rings (SSSR count). The van der Waals surface area contributed by atoms with Gasteiger partial charge in [-0.25, -0.2) is 0 Å². The molecule has 0 bridgehead atoms. The lowest BCUT2D eigenvalue weighted by molar-refractivity contribution is -0.137. The van der Waals surface area contributed by atoms with Gasteiger partial charge in [0.05, 0.1) is 16.9 Å². The molecule has 0 aromatic carbocycles. The standard InChI is InChI=1S/C13H24O4S2/c1-3-4-5-8-13(2,18-9-6-11(14)15)19-10-7-12(16)17/h3-10H2,1-2H3,(H,14,15)(H,16,17). The van der Waals surface area contributed by atoms with E-state index < -0.39 is 11.9 Å². The molecule has 0 aliphatic carbocycles. The van der Waals surface area contributed by atoms with Gasteiger partial charge in [0, 0.05) is 11.5 Å². The molecule has 0 fully saturated rings. The van der Waals surface area contributed by atoms with E-state index in [0.717, 1.165) is 25.7 Å². The third-order valence-electron chi connectivity index (χ3n) is 2.68. The molecule has 0 heterocycles. The third kappa shape index (κ3) is 11.2. The third-order valence-corrected chi connectivity index (χ3v) is 5.83. The van der Waals surface area contributed by atoms with Gasteiger partial charge in [0.2, 0.25) is 0 Å². The van der Waals surface area contributed by atoms with Crippen molar-refractivity contribution in [1.82, 2.24) is 0 Å². The van der Waals surface area contributed by atoms with Crippen molar-refractivity contribution >= 4 is 35.5 Å². The topological polar surface area (TPSA) is 74.6 Å². The Kier molecular flexibility index (Phi) is 10.2. The highest BCUT2D eigenvalue weighted by Crippen LogP contribution is 2.41. The lowest BCUT2D eigenvalue weighted by Gasteiger charge is -2.28. The van der Waals surface area contributed by atoms with Gasteiger partial charge in [0.15, 0.2) is 0 Å². The molecule has 112 valence electrons. The fourth-order valence-electron chi connectivity index (χ4n) is 1.59. The highest BCUT2D eigenvalue weighted by molar-refractivity contribution is 8.18. The maximum absolute atomic E-state index is 10.6. The van der Waals surface area contributed by atoms with Crippen LogP contribution in [0.5, 0.6) is 0 Å². The minimum Gasteiger partial charge on any atom is -0.481 e. The van der Waals surface area contributed by atoms with E-state index in [-0.39, 0.29) is 16.9 Å². The monoisotopic (exact) mass is 308 g/mol. The SMILES string of the molecule is CCCCCC(C)(SCCC(=O)O)SCCC(=O)O. The number of aliphatic carboxylic acids is 2. The Labute approximate surface area is 123 Å². The van der Waals surface area contributed by atoms with E-state index in [9.17, 15) is 9.59 Å². The number of carboxylic acid groups (broad SMARTS) is 2. The number of carboxylic acids is 2. The fourth-order valence-corrected chi connectivity index (χ4v) is 4.42. The molecule has 0 radical (unpaired) electrons. The highest BCUT2D eigenvalue weighted by Gasteiger charge is 2.25. The molecule has 4 nitrogen and oxygen atoms in total. The van der Waals surface area contributed by atoms with Crippen molar-refractivity contribution in [1.29, 1.82) is 0 Å². The number of rotatable bonds is 12. The predicted molar refractivity (Wildman–Crippen MR) is 82.0 cm³/mol. The number of carbonyl (C=O) groups is 2. The number of thioether (sulfide) groups is 2. The molecule has 19 heavy (non-hydrogen) atoms. The van der Waals surface area contributed by atoms with Gasteiger partial charge in [-0.3, -0.25) is 9.59 Å². The van der Waals surface area contributed by atoms with Crippen LogP contribution in [0.25, 0.3) is 0 Å². The normalized spacial score (nSPS) is 11.5. The molecule has 2 N–H and O–H groups in total. The Bertz CT molecular complexity index is 262. The van der Waals surface area contributed by atoms with Crippen molar-refractivity contribution in [2.45, 2.75) is 56.5 Å². The van der Waals surface area contributed by atoms with Gasteiger partial charge >= 0.3 is 11.9 Å². The van der Waals surface area contributed by atoms with Crippen LogP contribution in [-0.2, 0) is 9.59 Å². The average Bonchev–Trinajstić information content (AvgIpc) is 2.28. The van der Waals surface area contributed by atoms with Crippen molar-refractivity contribution in [3.05, 3.63) is 0 Å². The van der Waals surface area contributed by atoms with Gasteiger partial charge in [-0.15, -0.1) is 23.5 Å². The zero-order chi connectivity index (χ0) is 14.7. The molecule has 0 spiro atoms. The Balaban J connectivity index is 4.17. The van der Waals surface area contributed by atoms with Crippen LogP contribution in [0.1, 0.15) is 52.4 Å². The summed E-state index contributed by atoms with van der Waals surface area (Å²) in [5, 5.41) is 17.4. The smallest absolute Gasteiger partial charge is 0.304 e. The lowest BCUT2D eigenvalue weighted by Crippen LogP contribution is -2.18. The fraction of sp³-hybridized carbons (Fsp3) is 0.846. The van der Waals surface area contributed by atoms with Crippen LogP contribution in [0.4, 0.5) is 0 Å². The molecule has 0 amide bonds. The van der Waals surface area contributed by atoms with Crippen LogP contribution in [-0.4, -0.2) is 37.7 Å². The molecule has 0 unspecified atom stereocenters. The summed E-state index contributed by atoms with van der Waals surface area (Å²) in [5.41, 5.74) is 0. The van der Waals surface area contributed by atoms with Gasteiger partial charge in [-0.05, 0) is 13.3 Å². The second-order valence-corrected chi connectivity index (χ2v) is 8.03. The van der Waals surface area contributed by atoms with Crippen LogP contribution in [0.3, 0.4) is 0 Å². The summed E-state index contributed by atoms with van der Waals surface area (Å²) < 4.78 is -0.0694. The van der Waals surface area contributed by atoms with E-state index in [1.165, 1.54) is 0 Å². The van der Waals surface area contributed by atoms with Crippen molar-refractivity contribution in [3.8, 4) is 0 Å². The summed E-state index contributed by atoms with van der Waals surface area (Å²) in [6.07, 6.45) is 4.73. The predicted octanol–water partition coefficient (Wildman–Crippen LogP) is 3.70. The first-order valence-electron chi connectivity index (χ1n) is 6.61. The van der Waals surface area contributed by atoms with Crippen LogP contribution < -0.4 is 0 Å². The van der Waals surface area contributed by atoms with Crippen LogP contribution >= 0.6 is 23.5 Å². The zero-order valence-electron chi connectivity index (χ0n) is 11.7. The average molecular weight is 308 g/mol. The molecule has 0 aromatic rings. The molecule has 6 heteroatoms. The van der Waals surface area contributed by atoms with Gasteiger partial charge in [-0.2, -0.15) is 0 Å². The van der Waals surface area contributed by atoms with E-state index in [2.05, 4.69) is 13.8 Å². The van der Waals surface area contributed by atoms with E-state index in [1.807, 2.05) is 0 Å². The van der Waals surface area contributed by atoms with E-state index in [4.69, 9.17) is 10.2 Å². The van der Waals surface area contributed by atoms with E-state index >= 15 is 0 Å². The van der Waals surface area contributed by atoms with E-state index in [0.29, 0.717) is 11.5 Å². The molecule has 0 aromatic heterocycles. The van der Waals surface area contributed by atoms with Gasteiger partial charge < -0.3 is 10.2 Å². The maximum Gasteiger partial charge on any atom is 0.304 e. The summed E-state index contributed by atoms with van der Waals surface area (Å²) in [6, 6.07) is 0. The Morgan fingerprint density at radius 3 is 1.84 bits per heavy atom. The second kappa shape index (κ2) is 10.4. The largest absolute Gasteiger partial charge is 0.481 e. The molecule has 0 aliphatic rings. The first-order chi connectivity index (χ1) is 8.89. The van der Waals surface area contributed by atoms with Gasteiger partial charge in [0.1, 0.15) is 0 Å². The molecule has 0 saturated heterocycles. The molecule has 0 atom stereocenters. The highest BCUT2D eigenvalue weighted by atomic mass is 32.2. The summed E-state index contributed by atoms with van der Waals surface area (Å²) >= 11 is 3.29. The first kappa shape index (κ1) is 18.6. The maximum atomic E-state index is 10.6. The summed E-state index contributed by atoms with van der Waals surface area (Å²) in [6.45, 7) is 4.24. The zero-order valence-corrected chi connectivity index (χ0v) is 13.3. The van der Waals surface area contributed by atoms with Crippen LogP contribution in [0, 0.1) is 0 Å². The number of unbranched alkanes of at least 4 members (excludes halogenated alkanes) is 2. The van der Waals surface area contributed by atoms with Crippen molar-refractivity contribution in [2.24, 2.45) is 0 Å². The minimum atomic E-state index is -0.779. The summed E-state index contributed by atoms with van der Waals surface area (Å²) in [7, 11) is 0. The first-order valence-corrected chi connectivity index (χ1v) is 8.58. The van der Waals surface area contributed by atoms with Crippen molar-refractivity contribution in [2.75, 3.05) is 11.5 Å². The van der Waals surface area contributed by atoms with Crippen molar-refractivity contribution in [3.63, 3.8) is 0 Å². The Hall–Kier alpha value is -0.360. The Morgan fingerprint density at radius 2 is 1.47 bits per heavy atom. The minimum absolute atomic E-state index is 0.0694. The summed E-state index contributed by atoms with van der Waals surface area (Å²) in [5.74, 6) is -0.395.